The molecular weight excluding hydrogens is 436 g/mol. The number of rotatable bonds is 14. The van der Waals surface area contributed by atoms with Crippen LogP contribution in [0.5, 0.6) is 0 Å². The normalized spacial score (nSPS) is 11.3. The first-order valence-corrected chi connectivity index (χ1v) is 13.5. The highest BCUT2D eigenvalue weighted by molar-refractivity contribution is 7.03. The quantitative estimate of drug-likeness (QED) is 0.265. The molecular formula is C24H36N6S2. The smallest absolute Gasteiger partial charge is 0.219 e. The van der Waals surface area contributed by atoms with Crippen LogP contribution in [0.3, 0.4) is 0 Å². The van der Waals surface area contributed by atoms with E-state index < -0.39 is 0 Å². The number of benzene rings is 1. The zero-order chi connectivity index (χ0) is 22.8. The SMILES string of the molecule is CCCCCCCn1sc(=N)nc1-c1cccc(-c2nc(=N)sn2CCCCCCC)c1. The first-order valence-electron chi connectivity index (χ1n) is 12.0. The third-order valence-electron chi connectivity index (χ3n) is 5.59. The van der Waals surface area contributed by atoms with E-state index in [1.807, 2.05) is 6.07 Å². The van der Waals surface area contributed by atoms with Crippen LogP contribution in [0.25, 0.3) is 22.8 Å². The highest BCUT2D eigenvalue weighted by Crippen LogP contribution is 2.26. The second kappa shape index (κ2) is 12.8. The van der Waals surface area contributed by atoms with Gasteiger partial charge in [0.15, 0.2) is 11.6 Å². The molecule has 174 valence electrons. The highest BCUT2D eigenvalue weighted by Gasteiger charge is 2.13. The van der Waals surface area contributed by atoms with Gasteiger partial charge in [0, 0.05) is 24.2 Å². The number of hydrogen-bond donors (Lipinski definition) is 2. The van der Waals surface area contributed by atoms with Crippen LogP contribution < -0.4 is 9.60 Å². The van der Waals surface area contributed by atoms with Crippen molar-refractivity contribution in [3.8, 4) is 22.8 Å². The first kappa shape index (κ1) is 24.6. The minimum atomic E-state index is 0.350. The van der Waals surface area contributed by atoms with Crippen LogP contribution in [0.2, 0.25) is 0 Å². The summed E-state index contributed by atoms with van der Waals surface area (Å²) in [7, 11) is 0. The Bertz CT molecular complexity index is 993. The number of unbranched alkanes of at least 4 members (excludes halogenated alkanes) is 8. The number of nitrogens with zero attached hydrogens (tertiary/aromatic N) is 4. The highest BCUT2D eigenvalue weighted by atomic mass is 32.1. The molecule has 0 atom stereocenters. The van der Waals surface area contributed by atoms with Gasteiger partial charge in [-0.15, -0.1) is 0 Å². The van der Waals surface area contributed by atoms with Crippen molar-refractivity contribution in [2.45, 2.75) is 91.1 Å². The van der Waals surface area contributed by atoms with E-state index in [1.54, 1.807) is 0 Å². The van der Waals surface area contributed by atoms with E-state index in [9.17, 15) is 0 Å². The minimum absolute atomic E-state index is 0.350. The first-order chi connectivity index (χ1) is 15.6. The number of nitrogens with one attached hydrogen (secondary N) is 2. The maximum Gasteiger partial charge on any atom is 0.219 e. The molecule has 0 saturated carbocycles. The van der Waals surface area contributed by atoms with E-state index in [1.165, 1.54) is 74.4 Å². The second-order valence-corrected chi connectivity index (χ2v) is 10.3. The monoisotopic (exact) mass is 472 g/mol. The zero-order valence-electron chi connectivity index (χ0n) is 19.4. The van der Waals surface area contributed by atoms with Crippen LogP contribution in [0.4, 0.5) is 0 Å². The van der Waals surface area contributed by atoms with Crippen LogP contribution in [-0.2, 0) is 13.1 Å². The number of aromatic nitrogens is 4. The molecule has 1 aromatic carbocycles. The topological polar surface area (TPSA) is 83.3 Å². The van der Waals surface area contributed by atoms with Gasteiger partial charge in [-0.3, -0.25) is 18.7 Å². The van der Waals surface area contributed by atoms with Crippen LogP contribution >= 0.6 is 23.1 Å². The Morgan fingerprint density at radius 3 is 1.56 bits per heavy atom. The summed E-state index contributed by atoms with van der Waals surface area (Å²) in [4.78, 5) is 9.75. The van der Waals surface area contributed by atoms with E-state index in [-0.39, 0.29) is 0 Å². The van der Waals surface area contributed by atoms with E-state index >= 15 is 0 Å². The summed E-state index contributed by atoms with van der Waals surface area (Å²) in [5, 5.41) is 16.2. The molecule has 0 fully saturated rings. The molecule has 0 spiro atoms. The molecule has 0 aliphatic heterocycles. The Balaban J connectivity index is 1.77. The van der Waals surface area contributed by atoms with Gasteiger partial charge in [-0.2, -0.15) is 9.97 Å². The summed E-state index contributed by atoms with van der Waals surface area (Å²) in [5.41, 5.74) is 2.03. The summed E-state index contributed by atoms with van der Waals surface area (Å²) in [5.74, 6) is 1.73. The summed E-state index contributed by atoms with van der Waals surface area (Å²) >= 11 is 2.85. The lowest BCUT2D eigenvalue weighted by Gasteiger charge is -2.09. The second-order valence-electron chi connectivity index (χ2n) is 8.28. The van der Waals surface area contributed by atoms with Gasteiger partial charge in [0.1, 0.15) is 0 Å². The lowest BCUT2D eigenvalue weighted by Crippen LogP contribution is -2.00. The van der Waals surface area contributed by atoms with Gasteiger partial charge in [-0.25, -0.2) is 0 Å². The molecule has 0 bridgehead atoms. The van der Waals surface area contributed by atoms with Gasteiger partial charge >= 0.3 is 0 Å². The van der Waals surface area contributed by atoms with Crippen molar-refractivity contribution < 1.29 is 0 Å². The molecule has 8 heteroatoms. The number of aryl methyl sites for hydroxylation is 2. The third-order valence-corrected chi connectivity index (χ3v) is 7.27. The number of hydrogen-bond acceptors (Lipinski definition) is 6. The Morgan fingerprint density at radius 2 is 1.12 bits per heavy atom. The van der Waals surface area contributed by atoms with Crippen molar-refractivity contribution in [2.24, 2.45) is 0 Å². The van der Waals surface area contributed by atoms with Crippen LogP contribution in [0.1, 0.15) is 78.1 Å². The molecule has 2 heterocycles. The van der Waals surface area contributed by atoms with Gasteiger partial charge in [-0.1, -0.05) is 83.4 Å². The van der Waals surface area contributed by atoms with E-state index in [2.05, 4.69) is 49.9 Å². The largest absolute Gasteiger partial charge is 0.278 e. The molecule has 0 amide bonds. The molecule has 2 aromatic heterocycles. The molecule has 32 heavy (non-hydrogen) atoms. The van der Waals surface area contributed by atoms with Crippen LogP contribution in [0.15, 0.2) is 24.3 Å². The predicted octanol–water partition coefficient (Wildman–Crippen LogP) is 6.44. The van der Waals surface area contributed by atoms with Crippen molar-refractivity contribution >= 4 is 23.1 Å². The standard InChI is InChI=1S/C24H36N6S2/c1-3-5-7-9-11-16-29-21(27-23(25)31-29)19-14-13-15-20(18-19)22-28-24(26)32-30(22)17-12-10-8-6-4-2/h13-15,18,25-26H,3-12,16-17H2,1-2H3. The van der Waals surface area contributed by atoms with E-state index in [0.717, 1.165) is 48.7 Å². The van der Waals surface area contributed by atoms with Crippen molar-refractivity contribution in [1.82, 2.24) is 17.9 Å². The van der Waals surface area contributed by atoms with Crippen LogP contribution in [-0.4, -0.2) is 17.9 Å². The molecule has 3 aromatic rings. The molecule has 0 aliphatic carbocycles. The van der Waals surface area contributed by atoms with E-state index in [0.29, 0.717) is 9.60 Å². The molecule has 0 aliphatic rings. The summed E-state index contributed by atoms with van der Waals surface area (Å²) < 4.78 is 4.32. The lowest BCUT2D eigenvalue weighted by atomic mass is 10.1. The van der Waals surface area contributed by atoms with Crippen molar-refractivity contribution in [3.63, 3.8) is 0 Å². The maximum absolute atomic E-state index is 8.08. The van der Waals surface area contributed by atoms with Gasteiger partial charge < -0.3 is 0 Å². The molecule has 3 rings (SSSR count). The van der Waals surface area contributed by atoms with Gasteiger partial charge in [0.05, 0.1) is 0 Å². The van der Waals surface area contributed by atoms with Crippen molar-refractivity contribution in [1.29, 1.82) is 10.8 Å². The fourth-order valence-corrected chi connectivity index (χ4v) is 5.45. The molecule has 0 saturated heterocycles. The molecule has 6 nitrogen and oxygen atoms in total. The third kappa shape index (κ3) is 6.97. The van der Waals surface area contributed by atoms with Crippen LogP contribution in [0, 0.1) is 10.8 Å². The predicted molar refractivity (Wildman–Crippen MR) is 134 cm³/mol. The molecule has 0 unspecified atom stereocenters. The molecule has 2 N–H and O–H groups in total. The van der Waals surface area contributed by atoms with E-state index in [4.69, 9.17) is 10.8 Å². The maximum atomic E-state index is 8.08. The Hall–Kier alpha value is -2.06. The average Bonchev–Trinajstić information content (AvgIpc) is 3.35. The summed E-state index contributed by atoms with van der Waals surface area (Å²) in [6.07, 6.45) is 12.3. The minimum Gasteiger partial charge on any atom is -0.278 e. The fourth-order valence-electron chi connectivity index (χ4n) is 3.88. The Kier molecular flexibility index (Phi) is 9.87. The average molecular weight is 473 g/mol. The van der Waals surface area contributed by atoms with Crippen molar-refractivity contribution in [2.75, 3.05) is 0 Å². The van der Waals surface area contributed by atoms with Crippen molar-refractivity contribution in [3.05, 3.63) is 33.9 Å². The lowest BCUT2D eigenvalue weighted by molar-refractivity contribution is 0.587. The molecule has 0 radical (unpaired) electrons. The Labute approximate surface area is 199 Å². The zero-order valence-corrected chi connectivity index (χ0v) is 21.0. The summed E-state index contributed by atoms with van der Waals surface area (Å²) in [6, 6.07) is 8.28. The fraction of sp³-hybridized carbons (Fsp3) is 0.583. The van der Waals surface area contributed by atoms with Gasteiger partial charge in [0.2, 0.25) is 9.60 Å². The van der Waals surface area contributed by atoms with Gasteiger partial charge in [-0.05, 0) is 42.0 Å². The Morgan fingerprint density at radius 1 is 0.688 bits per heavy atom. The van der Waals surface area contributed by atoms with Gasteiger partial charge in [0.25, 0.3) is 0 Å². The summed E-state index contributed by atoms with van der Waals surface area (Å²) in [6.45, 7) is 6.28.